The maximum Gasteiger partial charge on any atom is 0.256 e. The van der Waals surface area contributed by atoms with Crippen molar-refractivity contribution < 1.29 is 13.9 Å². The molecule has 6 rings (SSSR count). The number of rotatable bonds is 5. The van der Waals surface area contributed by atoms with Gasteiger partial charge >= 0.3 is 0 Å². The molecule has 186 valence electrons. The first kappa shape index (κ1) is 22.9. The highest BCUT2D eigenvalue weighted by molar-refractivity contribution is 6.04. The Bertz CT molecular complexity index is 1590. The van der Waals surface area contributed by atoms with Gasteiger partial charge in [-0.15, -0.1) is 0 Å². The van der Waals surface area contributed by atoms with E-state index in [0.717, 1.165) is 29.9 Å². The molecule has 1 fully saturated rings. The van der Waals surface area contributed by atoms with Crippen LogP contribution in [0, 0.1) is 5.82 Å². The van der Waals surface area contributed by atoms with Crippen LogP contribution in [-0.2, 0) is 11.8 Å². The SMILES string of the molecule is Cn1cc(-c2ccc3nc(NC(=O)c4cccc(N5CCOCC5)c4)cn3n2)c(-c2ccc(F)cc2)n1. The van der Waals surface area contributed by atoms with E-state index in [0.29, 0.717) is 41.6 Å². The molecule has 1 aliphatic heterocycles. The number of hydrogen-bond donors (Lipinski definition) is 1. The number of morpholine rings is 1. The second-order valence-corrected chi connectivity index (χ2v) is 8.82. The first-order valence-corrected chi connectivity index (χ1v) is 11.9. The third kappa shape index (κ3) is 4.66. The Kier molecular flexibility index (Phi) is 5.85. The molecular formula is C27H24FN7O2. The topological polar surface area (TPSA) is 89.6 Å². The van der Waals surface area contributed by atoms with Crippen molar-refractivity contribution in [3.63, 3.8) is 0 Å². The summed E-state index contributed by atoms with van der Waals surface area (Å²) in [6.45, 7) is 2.95. The Balaban J connectivity index is 1.25. The molecule has 1 aliphatic rings. The number of ether oxygens (including phenoxy) is 1. The van der Waals surface area contributed by atoms with Crippen molar-refractivity contribution in [2.75, 3.05) is 36.5 Å². The standard InChI is InChI=1S/C27H24FN7O2/c1-33-16-22(26(32-33)18-5-7-20(28)8-6-18)23-9-10-25-29-24(17-35(25)31-23)30-27(36)19-3-2-4-21(15-19)34-11-13-37-14-12-34/h2-10,15-17H,11-14H2,1H3,(H,30,36). The fourth-order valence-electron chi connectivity index (χ4n) is 4.44. The summed E-state index contributed by atoms with van der Waals surface area (Å²) in [4.78, 5) is 19.7. The number of aryl methyl sites for hydroxylation is 1. The summed E-state index contributed by atoms with van der Waals surface area (Å²) in [5.41, 5.74) is 5.09. The lowest BCUT2D eigenvalue weighted by Gasteiger charge is -2.29. The summed E-state index contributed by atoms with van der Waals surface area (Å²) in [5.74, 6) is -0.150. The number of benzene rings is 2. The van der Waals surface area contributed by atoms with E-state index in [1.165, 1.54) is 12.1 Å². The van der Waals surface area contributed by atoms with Crippen LogP contribution in [0.1, 0.15) is 10.4 Å². The second kappa shape index (κ2) is 9.47. The fourth-order valence-corrected chi connectivity index (χ4v) is 4.44. The number of nitrogens with one attached hydrogen (secondary N) is 1. The van der Waals surface area contributed by atoms with Gasteiger partial charge in [-0.2, -0.15) is 10.2 Å². The van der Waals surface area contributed by atoms with Gasteiger partial charge in [-0.05, 0) is 54.6 Å². The molecule has 37 heavy (non-hydrogen) atoms. The third-order valence-electron chi connectivity index (χ3n) is 6.27. The molecule has 5 aromatic rings. The molecule has 0 aliphatic carbocycles. The van der Waals surface area contributed by atoms with Crippen LogP contribution < -0.4 is 10.2 Å². The Labute approximate surface area is 212 Å². The first-order chi connectivity index (χ1) is 18.0. The number of hydrogen-bond acceptors (Lipinski definition) is 6. The highest BCUT2D eigenvalue weighted by Gasteiger charge is 2.17. The lowest BCUT2D eigenvalue weighted by Crippen LogP contribution is -2.36. The van der Waals surface area contributed by atoms with Crippen LogP contribution in [0.3, 0.4) is 0 Å². The predicted molar refractivity (Wildman–Crippen MR) is 138 cm³/mol. The molecule has 1 N–H and O–H groups in total. The number of amides is 1. The van der Waals surface area contributed by atoms with Crippen LogP contribution in [0.15, 0.2) is 73.1 Å². The van der Waals surface area contributed by atoms with Gasteiger partial charge in [-0.1, -0.05) is 6.07 Å². The van der Waals surface area contributed by atoms with Crippen molar-refractivity contribution >= 4 is 23.1 Å². The van der Waals surface area contributed by atoms with Crippen LogP contribution in [0.2, 0.25) is 0 Å². The molecule has 2 aromatic carbocycles. The van der Waals surface area contributed by atoms with Gasteiger partial charge in [0.25, 0.3) is 5.91 Å². The van der Waals surface area contributed by atoms with Crippen LogP contribution in [-0.4, -0.2) is 56.6 Å². The summed E-state index contributed by atoms with van der Waals surface area (Å²) >= 11 is 0. The van der Waals surface area contributed by atoms with Crippen LogP contribution >= 0.6 is 0 Å². The number of carbonyl (C=O) groups is 1. The maximum atomic E-state index is 13.4. The van der Waals surface area contributed by atoms with Gasteiger partial charge in [0.05, 0.1) is 25.1 Å². The molecule has 3 aromatic heterocycles. The Morgan fingerprint density at radius 2 is 1.81 bits per heavy atom. The van der Waals surface area contributed by atoms with Crippen LogP contribution in [0.5, 0.6) is 0 Å². The Morgan fingerprint density at radius 3 is 2.62 bits per heavy atom. The summed E-state index contributed by atoms with van der Waals surface area (Å²) < 4.78 is 22.2. The van der Waals surface area contributed by atoms with Crippen molar-refractivity contribution in [3.05, 3.63) is 84.4 Å². The molecule has 4 heterocycles. The number of anilines is 2. The van der Waals surface area contributed by atoms with Gasteiger partial charge < -0.3 is 15.0 Å². The van der Waals surface area contributed by atoms with Gasteiger partial charge in [0.2, 0.25) is 0 Å². The molecule has 0 spiro atoms. The minimum absolute atomic E-state index is 0.246. The van der Waals surface area contributed by atoms with E-state index < -0.39 is 0 Å². The Morgan fingerprint density at radius 1 is 1.00 bits per heavy atom. The van der Waals surface area contributed by atoms with Crippen molar-refractivity contribution in [2.24, 2.45) is 7.05 Å². The third-order valence-corrected chi connectivity index (χ3v) is 6.27. The average Bonchev–Trinajstić information content (AvgIpc) is 3.52. The molecule has 0 bridgehead atoms. The molecule has 1 amide bonds. The molecule has 1 saturated heterocycles. The summed E-state index contributed by atoms with van der Waals surface area (Å²) in [6, 6.07) is 17.4. The van der Waals surface area contributed by atoms with Gasteiger partial charge in [-0.25, -0.2) is 13.9 Å². The lowest BCUT2D eigenvalue weighted by molar-refractivity contribution is 0.102. The molecule has 0 atom stereocenters. The number of carbonyl (C=O) groups excluding carboxylic acids is 1. The molecule has 0 saturated carbocycles. The van der Waals surface area contributed by atoms with Crippen LogP contribution in [0.4, 0.5) is 15.9 Å². The minimum Gasteiger partial charge on any atom is -0.378 e. The van der Waals surface area contributed by atoms with Gasteiger partial charge in [0.15, 0.2) is 11.5 Å². The van der Waals surface area contributed by atoms with E-state index in [9.17, 15) is 9.18 Å². The summed E-state index contributed by atoms with van der Waals surface area (Å²) in [6.07, 6.45) is 3.55. The van der Waals surface area contributed by atoms with E-state index in [4.69, 9.17) is 9.84 Å². The highest BCUT2D eigenvalue weighted by Crippen LogP contribution is 2.30. The zero-order valence-electron chi connectivity index (χ0n) is 20.1. The van der Waals surface area contributed by atoms with Crippen LogP contribution in [0.25, 0.3) is 28.2 Å². The normalized spacial score (nSPS) is 13.7. The quantitative estimate of drug-likeness (QED) is 0.395. The van der Waals surface area contributed by atoms with E-state index in [2.05, 4.69) is 20.3 Å². The number of nitrogens with zero attached hydrogens (tertiary/aromatic N) is 6. The monoisotopic (exact) mass is 497 g/mol. The van der Waals surface area contributed by atoms with Crippen molar-refractivity contribution in [1.29, 1.82) is 0 Å². The van der Waals surface area contributed by atoms with Gasteiger partial charge in [0, 0.05) is 48.7 Å². The zero-order valence-corrected chi connectivity index (χ0v) is 20.1. The van der Waals surface area contributed by atoms with E-state index >= 15 is 0 Å². The average molecular weight is 498 g/mol. The zero-order chi connectivity index (χ0) is 25.4. The van der Waals surface area contributed by atoms with E-state index in [1.54, 1.807) is 33.6 Å². The predicted octanol–water partition coefficient (Wildman–Crippen LogP) is 4.02. The van der Waals surface area contributed by atoms with E-state index in [1.807, 2.05) is 43.6 Å². The number of imidazole rings is 1. The second-order valence-electron chi connectivity index (χ2n) is 8.82. The van der Waals surface area contributed by atoms with Crippen molar-refractivity contribution in [1.82, 2.24) is 24.4 Å². The summed E-state index contributed by atoms with van der Waals surface area (Å²) in [5, 5.41) is 12.1. The van der Waals surface area contributed by atoms with Gasteiger partial charge in [0.1, 0.15) is 11.5 Å². The Hall–Kier alpha value is -4.57. The van der Waals surface area contributed by atoms with E-state index in [-0.39, 0.29) is 11.7 Å². The highest BCUT2D eigenvalue weighted by atomic mass is 19.1. The lowest BCUT2D eigenvalue weighted by atomic mass is 10.1. The molecule has 9 nitrogen and oxygen atoms in total. The molecule has 10 heteroatoms. The number of aromatic nitrogens is 5. The summed E-state index contributed by atoms with van der Waals surface area (Å²) in [7, 11) is 1.83. The van der Waals surface area contributed by atoms with Crippen molar-refractivity contribution in [2.45, 2.75) is 0 Å². The van der Waals surface area contributed by atoms with Crippen molar-refractivity contribution in [3.8, 4) is 22.5 Å². The number of fused-ring (bicyclic) bond motifs is 1. The molecule has 0 unspecified atom stereocenters. The van der Waals surface area contributed by atoms with Gasteiger partial charge in [-0.3, -0.25) is 9.48 Å². The minimum atomic E-state index is -0.304. The molecular weight excluding hydrogens is 473 g/mol. The fraction of sp³-hybridized carbons (Fsp3) is 0.185. The number of halogens is 1. The first-order valence-electron chi connectivity index (χ1n) is 11.9. The largest absolute Gasteiger partial charge is 0.378 e. The maximum absolute atomic E-state index is 13.4. The molecule has 0 radical (unpaired) electrons. The smallest absolute Gasteiger partial charge is 0.256 e.